The van der Waals surface area contributed by atoms with Gasteiger partial charge in [0.1, 0.15) is 0 Å². The van der Waals surface area contributed by atoms with Crippen molar-refractivity contribution in [3.8, 4) is 0 Å². The van der Waals surface area contributed by atoms with Gasteiger partial charge in [-0.3, -0.25) is 4.79 Å². The molecule has 0 bridgehead atoms. The maximum absolute atomic E-state index is 13.3. The lowest BCUT2D eigenvalue weighted by atomic mass is 10.1. The Morgan fingerprint density at radius 1 is 1.27 bits per heavy atom. The maximum atomic E-state index is 13.3. The van der Waals surface area contributed by atoms with E-state index < -0.39 is 0 Å². The van der Waals surface area contributed by atoms with Crippen molar-refractivity contribution in [2.24, 2.45) is 7.05 Å². The van der Waals surface area contributed by atoms with Gasteiger partial charge in [0.2, 0.25) is 11.1 Å². The number of amides is 1. The van der Waals surface area contributed by atoms with Crippen LogP contribution in [0.4, 0.5) is 0 Å². The Kier molecular flexibility index (Phi) is 5.02. The van der Waals surface area contributed by atoms with Gasteiger partial charge in [-0.1, -0.05) is 24.6 Å². The number of carbonyl (C=O) groups is 1. The van der Waals surface area contributed by atoms with Gasteiger partial charge in [-0.05, 0) is 55.2 Å². The predicted molar refractivity (Wildman–Crippen MR) is 99.7 cm³/mol. The van der Waals surface area contributed by atoms with Crippen LogP contribution in [-0.4, -0.2) is 47.4 Å². The third-order valence-corrected chi connectivity index (χ3v) is 6.38. The summed E-state index contributed by atoms with van der Waals surface area (Å²) in [6.45, 7) is 2.80. The number of rotatable bonds is 5. The number of aromatic nitrogens is 5. The van der Waals surface area contributed by atoms with Crippen molar-refractivity contribution in [2.75, 3.05) is 6.54 Å². The van der Waals surface area contributed by atoms with Crippen molar-refractivity contribution >= 4 is 17.7 Å². The maximum Gasteiger partial charge on any atom is 0.236 e. The zero-order chi connectivity index (χ0) is 18.1. The monoisotopic (exact) mass is 374 g/mol. The molecule has 26 heavy (non-hydrogen) atoms. The fraction of sp³-hybridized carbons (Fsp3) is 0.667. The lowest BCUT2D eigenvalue weighted by molar-refractivity contribution is -0.132. The first-order chi connectivity index (χ1) is 12.6. The average Bonchev–Trinajstić information content (AvgIpc) is 3.31. The molecule has 2 aromatic heterocycles. The van der Waals surface area contributed by atoms with E-state index >= 15 is 0 Å². The Morgan fingerprint density at radius 3 is 2.85 bits per heavy atom. The minimum atomic E-state index is -0.195. The molecule has 0 radical (unpaired) electrons. The zero-order valence-electron chi connectivity index (χ0n) is 15.4. The highest BCUT2D eigenvalue weighted by Gasteiger charge is 2.33. The van der Waals surface area contributed by atoms with Crippen molar-refractivity contribution in [1.82, 2.24) is 29.7 Å². The lowest BCUT2D eigenvalue weighted by Gasteiger charge is -2.32. The molecule has 7 nitrogen and oxygen atoms in total. The lowest BCUT2D eigenvalue weighted by Crippen LogP contribution is -2.40. The molecule has 1 saturated heterocycles. The smallest absolute Gasteiger partial charge is 0.236 e. The second-order valence-corrected chi connectivity index (χ2v) is 8.65. The third kappa shape index (κ3) is 3.51. The molecule has 1 saturated carbocycles. The van der Waals surface area contributed by atoms with Crippen molar-refractivity contribution in [3.63, 3.8) is 0 Å². The summed E-state index contributed by atoms with van der Waals surface area (Å²) in [5.74, 6) is 0.188. The fourth-order valence-corrected chi connectivity index (χ4v) is 4.68. The van der Waals surface area contributed by atoms with Gasteiger partial charge >= 0.3 is 0 Å². The molecule has 140 valence electrons. The van der Waals surface area contributed by atoms with Gasteiger partial charge in [-0.25, -0.2) is 4.68 Å². The zero-order valence-corrected chi connectivity index (χ0v) is 16.2. The third-order valence-electron chi connectivity index (χ3n) is 5.35. The van der Waals surface area contributed by atoms with Gasteiger partial charge in [-0.2, -0.15) is 0 Å². The van der Waals surface area contributed by atoms with Crippen LogP contribution in [-0.2, 0) is 11.8 Å². The van der Waals surface area contributed by atoms with Crippen LogP contribution in [0.1, 0.15) is 63.2 Å². The van der Waals surface area contributed by atoms with Crippen LogP contribution in [0.5, 0.6) is 0 Å². The number of thioether (sulfide) groups is 1. The molecular formula is C18H26N6OS. The van der Waals surface area contributed by atoms with Crippen molar-refractivity contribution in [2.45, 2.75) is 67.9 Å². The van der Waals surface area contributed by atoms with Gasteiger partial charge in [-0.15, -0.1) is 5.10 Å². The van der Waals surface area contributed by atoms with Gasteiger partial charge in [0, 0.05) is 25.5 Å². The van der Waals surface area contributed by atoms with Crippen molar-refractivity contribution in [3.05, 3.63) is 24.0 Å². The topological polar surface area (TPSA) is 68.8 Å². The molecule has 0 unspecified atom stereocenters. The second kappa shape index (κ2) is 7.42. The molecule has 2 aliphatic rings. The molecular weight excluding hydrogens is 348 g/mol. The highest BCUT2D eigenvalue weighted by atomic mass is 32.2. The minimum absolute atomic E-state index is 0.160. The first-order valence-corrected chi connectivity index (χ1v) is 10.4. The van der Waals surface area contributed by atoms with E-state index in [0.717, 1.165) is 37.4 Å². The summed E-state index contributed by atoms with van der Waals surface area (Å²) in [6, 6.07) is 4.78. The molecule has 4 rings (SSSR count). The van der Waals surface area contributed by atoms with E-state index in [1.165, 1.54) is 30.3 Å². The summed E-state index contributed by atoms with van der Waals surface area (Å²) < 4.78 is 4.02. The first-order valence-electron chi connectivity index (χ1n) is 9.51. The number of nitrogens with zero attached hydrogens (tertiary/aromatic N) is 6. The van der Waals surface area contributed by atoms with Gasteiger partial charge < -0.3 is 9.47 Å². The van der Waals surface area contributed by atoms with Gasteiger partial charge in [0.05, 0.1) is 17.3 Å². The van der Waals surface area contributed by atoms with E-state index in [1.54, 1.807) is 0 Å². The Morgan fingerprint density at radius 2 is 2.12 bits per heavy atom. The first kappa shape index (κ1) is 17.6. The molecule has 2 fully saturated rings. The van der Waals surface area contributed by atoms with Crippen LogP contribution in [0.15, 0.2) is 23.5 Å². The normalized spacial score (nSPS) is 22.2. The molecule has 1 aliphatic carbocycles. The molecule has 1 aliphatic heterocycles. The largest absolute Gasteiger partial charge is 0.353 e. The van der Waals surface area contributed by atoms with Gasteiger partial charge in [0.25, 0.3) is 0 Å². The highest BCUT2D eigenvalue weighted by molar-refractivity contribution is 8.00. The predicted octanol–water partition coefficient (Wildman–Crippen LogP) is 2.97. The van der Waals surface area contributed by atoms with Crippen LogP contribution in [0.2, 0.25) is 0 Å². The quantitative estimate of drug-likeness (QED) is 0.753. The van der Waals surface area contributed by atoms with E-state index in [0.29, 0.717) is 6.04 Å². The molecule has 0 aromatic carbocycles. The SMILES string of the molecule is C[C@H](Sc1nnnn1C1CC1)C(=O)N1CCCCC[C@@H]1c1cccn1C. The Balaban J connectivity index is 1.52. The molecule has 8 heteroatoms. The number of likely N-dealkylation sites (tertiary alicyclic amines) is 1. The fourth-order valence-electron chi connectivity index (χ4n) is 3.75. The summed E-state index contributed by atoms with van der Waals surface area (Å²) in [5, 5.41) is 12.6. The summed E-state index contributed by atoms with van der Waals surface area (Å²) in [6.07, 6.45) is 8.77. The molecule has 1 amide bonds. The van der Waals surface area contributed by atoms with E-state index in [4.69, 9.17) is 0 Å². The second-order valence-electron chi connectivity index (χ2n) is 7.34. The minimum Gasteiger partial charge on any atom is -0.353 e. The number of hydrogen-bond acceptors (Lipinski definition) is 5. The molecule has 2 aromatic rings. The van der Waals surface area contributed by atoms with Gasteiger partial charge in [0.15, 0.2) is 0 Å². The van der Waals surface area contributed by atoms with Crippen molar-refractivity contribution < 1.29 is 4.79 Å². The summed E-state index contributed by atoms with van der Waals surface area (Å²) in [4.78, 5) is 15.4. The Bertz CT molecular complexity index is 767. The molecule has 2 atom stereocenters. The number of aryl methyl sites for hydroxylation is 1. The van der Waals surface area contributed by atoms with Crippen LogP contribution < -0.4 is 0 Å². The van der Waals surface area contributed by atoms with E-state index in [-0.39, 0.29) is 17.2 Å². The highest BCUT2D eigenvalue weighted by Crippen LogP contribution is 2.38. The standard InChI is InChI=1S/C18H26N6OS/c1-13(26-18-19-20-21-24(18)14-9-10-14)17(25)23-12-5-3-4-7-16(23)15-8-6-11-22(15)2/h6,8,11,13-14,16H,3-5,7,9-10,12H2,1-2H3/t13-,16+/m0/s1. The van der Waals surface area contributed by atoms with E-state index in [2.05, 4.69) is 50.4 Å². The molecule has 0 spiro atoms. The van der Waals surface area contributed by atoms with Crippen LogP contribution in [0.25, 0.3) is 0 Å². The van der Waals surface area contributed by atoms with Crippen LogP contribution in [0.3, 0.4) is 0 Å². The number of carbonyl (C=O) groups excluding carboxylic acids is 1. The number of hydrogen-bond donors (Lipinski definition) is 0. The van der Waals surface area contributed by atoms with E-state index in [1.807, 2.05) is 11.6 Å². The Hall–Kier alpha value is -1.83. The summed E-state index contributed by atoms with van der Waals surface area (Å²) >= 11 is 1.49. The average molecular weight is 375 g/mol. The van der Waals surface area contributed by atoms with Crippen molar-refractivity contribution in [1.29, 1.82) is 0 Å². The number of tetrazole rings is 1. The molecule has 3 heterocycles. The summed E-state index contributed by atoms with van der Waals surface area (Å²) in [7, 11) is 2.06. The van der Waals surface area contributed by atoms with Crippen LogP contribution >= 0.6 is 11.8 Å². The van der Waals surface area contributed by atoms with Crippen LogP contribution in [0, 0.1) is 0 Å². The summed E-state index contributed by atoms with van der Waals surface area (Å²) in [5.41, 5.74) is 1.22. The Labute approximate surface area is 158 Å². The molecule has 0 N–H and O–H groups in total. The van der Waals surface area contributed by atoms with E-state index in [9.17, 15) is 4.79 Å².